The molecular weight excluding hydrogens is 262 g/mol. The van der Waals surface area contributed by atoms with E-state index in [0.717, 1.165) is 4.90 Å². The average molecular weight is 277 g/mol. The van der Waals surface area contributed by atoms with E-state index in [9.17, 15) is 19.5 Å². The Hall–Kier alpha value is -2.21. The zero-order valence-electron chi connectivity index (χ0n) is 11.2. The highest BCUT2D eigenvalue weighted by molar-refractivity contribution is 6.21. The monoisotopic (exact) mass is 277 g/mol. The molecule has 0 fully saturated rings. The van der Waals surface area contributed by atoms with Crippen molar-refractivity contribution in [3.8, 4) is 0 Å². The fourth-order valence-corrected chi connectivity index (χ4v) is 2.18. The van der Waals surface area contributed by atoms with Crippen LogP contribution in [0.2, 0.25) is 0 Å². The summed E-state index contributed by atoms with van der Waals surface area (Å²) in [6.45, 7) is 1.22. The van der Waals surface area contributed by atoms with Crippen molar-refractivity contribution in [1.82, 2.24) is 4.90 Å². The van der Waals surface area contributed by atoms with E-state index in [2.05, 4.69) is 4.74 Å². The van der Waals surface area contributed by atoms with E-state index in [1.165, 1.54) is 14.0 Å². The molecular formula is C14H15NO5. The predicted octanol–water partition coefficient (Wildman–Crippen LogP) is 0.453. The molecule has 0 unspecified atom stereocenters. The van der Waals surface area contributed by atoms with Gasteiger partial charge in [0.2, 0.25) is 0 Å². The minimum Gasteiger partial charge on any atom is -0.469 e. The number of fused-ring (bicyclic) bond motifs is 1. The van der Waals surface area contributed by atoms with Crippen molar-refractivity contribution in [3.05, 3.63) is 35.4 Å². The van der Waals surface area contributed by atoms with Crippen molar-refractivity contribution in [2.45, 2.75) is 13.0 Å². The second kappa shape index (κ2) is 5.42. The quantitative estimate of drug-likeness (QED) is 0.638. The van der Waals surface area contributed by atoms with Gasteiger partial charge in [-0.05, 0) is 19.1 Å². The van der Waals surface area contributed by atoms with Crippen molar-refractivity contribution in [1.29, 1.82) is 0 Å². The zero-order valence-corrected chi connectivity index (χ0v) is 11.2. The molecule has 0 saturated heterocycles. The molecule has 0 spiro atoms. The molecule has 0 aliphatic carbocycles. The van der Waals surface area contributed by atoms with E-state index in [1.54, 1.807) is 24.3 Å². The maximum atomic E-state index is 12.1. The number of benzene rings is 1. The minimum atomic E-state index is -1.02. The van der Waals surface area contributed by atoms with Gasteiger partial charge in [-0.15, -0.1) is 0 Å². The van der Waals surface area contributed by atoms with Crippen molar-refractivity contribution in [2.24, 2.45) is 5.92 Å². The van der Waals surface area contributed by atoms with Gasteiger partial charge in [0.15, 0.2) is 0 Å². The SMILES string of the molecule is COC(=O)[C@H](CN1C(=O)c2ccccc2C1=O)[C@@H](C)O. The van der Waals surface area contributed by atoms with Gasteiger partial charge >= 0.3 is 5.97 Å². The Kier molecular flexibility index (Phi) is 3.85. The van der Waals surface area contributed by atoms with Gasteiger partial charge in [0, 0.05) is 6.54 Å². The van der Waals surface area contributed by atoms with Gasteiger partial charge in [0.25, 0.3) is 11.8 Å². The number of rotatable bonds is 4. The maximum Gasteiger partial charge on any atom is 0.313 e. The Morgan fingerprint density at radius 3 is 2.15 bits per heavy atom. The van der Waals surface area contributed by atoms with E-state index in [1.807, 2.05) is 0 Å². The van der Waals surface area contributed by atoms with Crippen LogP contribution in [-0.2, 0) is 9.53 Å². The summed E-state index contributed by atoms with van der Waals surface area (Å²) in [5, 5.41) is 9.61. The molecule has 6 heteroatoms. The van der Waals surface area contributed by atoms with Gasteiger partial charge < -0.3 is 9.84 Å². The minimum absolute atomic E-state index is 0.198. The summed E-state index contributed by atoms with van der Waals surface area (Å²) < 4.78 is 4.58. The number of esters is 1. The highest BCUT2D eigenvalue weighted by Gasteiger charge is 2.39. The first-order chi connectivity index (χ1) is 9.47. The topological polar surface area (TPSA) is 83.9 Å². The first-order valence-corrected chi connectivity index (χ1v) is 6.18. The lowest BCUT2D eigenvalue weighted by molar-refractivity contribution is -0.149. The molecule has 1 heterocycles. The smallest absolute Gasteiger partial charge is 0.313 e. The number of hydrogen-bond donors (Lipinski definition) is 1. The summed E-state index contributed by atoms with van der Waals surface area (Å²) in [5.41, 5.74) is 0.624. The number of carbonyl (C=O) groups excluding carboxylic acids is 3. The Labute approximate surface area is 115 Å². The largest absolute Gasteiger partial charge is 0.469 e. The number of aliphatic hydroxyl groups excluding tert-OH is 1. The average Bonchev–Trinajstić information content (AvgIpc) is 2.68. The van der Waals surface area contributed by atoms with Crippen LogP contribution in [0.4, 0.5) is 0 Å². The van der Waals surface area contributed by atoms with Crippen molar-refractivity contribution < 1.29 is 24.2 Å². The number of nitrogens with zero attached hydrogens (tertiary/aromatic N) is 1. The number of carbonyl (C=O) groups is 3. The van der Waals surface area contributed by atoms with Gasteiger partial charge in [-0.25, -0.2) is 0 Å². The third kappa shape index (κ3) is 2.30. The molecule has 20 heavy (non-hydrogen) atoms. The third-order valence-electron chi connectivity index (χ3n) is 3.34. The van der Waals surface area contributed by atoms with Crippen LogP contribution >= 0.6 is 0 Å². The lowest BCUT2D eigenvalue weighted by atomic mass is 10.0. The number of imide groups is 1. The van der Waals surface area contributed by atoms with Gasteiger partial charge in [-0.3, -0.25) is 19.3 Å². The predicted molar refractivity (Wildman–Crippen MR) is 69.0 cm³/mol. The van der Waals surface area contributed by atoms with E-state index in [4.69, 9.17) is 0 Å². The van der Waals surface area contributed by atoms with E-state index < -0.39 is 29.8 Å². The Morgan fingerprint density at radius 2 is 1.75 bits per heavy atom. The Morgan fingerprint density at radius 1 is 1.25 bits per heavy atom. The molecule has 106 valence electrons. The van der Waals surface area contributed by atoms with Gasteiger partial charge in [0.05, 0.1) is 24.3 Å². The molecule has 1 aromatic carbocycles. The second-order valence-electron chi connectivity index (χ2n) is 4.64. The van der Waals surface area contributed by atoms with Crippen LogP contribution in [-0.4, -0.2) is 47.5 Å². The zero-order chi connectivity index (χ0) is 14.9. The van der Waals surface area contributed by atoms with Crippen molar-refractivity contribution in [3.63, 3.8) is 0 Å². The van der Waals surface area contributed by atoms with Gasteiger partial charge in [0.1, 0.15) is 5.92 Å². The molecule has 0 bridgehead atoms. The second-order valence-corrected chi connectivity index (χ2v) is 4.64. The summed E-state index contributed by atoms with van der Waals surface area (Å²) in [6.07, 6.45) is -1.02. The van der Waals surface area contributed by atoms with Gasteiger partial charge in [-0.1, -0.05) is 12.1 Å². The first kappa shape index (κ1) is 14.2. The molecule has 1 aliphatic rings. The van der Waals surface area contributed by atoms with Crippen LogP contribution in [0.5, 0.6) is 0 Å². The number of hydrogen-bond acceptors (Lipinski definition) is 5. The number of amides is 2. The molecule has 2 rings (SSSR count). The molecule has 2 amide bonds. The molecule has 0 radical (unpaired) electrons. The molecule has 1 aromatic rings. The molecule has 0 aromatic heterocycles. The number of ether oxygens (including phenoxy) is 1. The summed E-state index contributed by atoms with van der Waals surface area (Å²) in [5.74, 6) is -2.53. The lowest BCUT2D eigenvalue weighted by Crippen LogP contribution is -2.41. The molecule has 1 N–H and O–H groups in total. The maximum absolute atomic E-state index is 12.1. The van der Waals surface area contributed by atoms with Crippen molar-refractivity contribution >= 4 is 17.8 Å². The summed E-state index contributed by atoms with van der Waals surface area (Å²) in [7, 11) is 1.19. The highest BCUT2D eigenvalue weighted by atomic mass is 16.5. The van der Waals surface area contributed by atoms with Gasteiger partial charge in [-0.2, -0.15) is 0 Å². The van der Waals surface area contributed by atoms with Crippen LogP contribution in [0.25, 0.3) is 0 Å². The number of methoxy groups -OCH3 is 1. The highest BCUT2D eigenvalue weighted by Crippen LogP contribution is 2.24. The summed E-state index contributed by atoms with van der Waals surface area (Å²) >= 11 is 0. The summed E-state index contributed by atoms with van der Waals surface area (Å²) in [4.78, 5) is 36.9. The fraction of sp³-hybridized carbons (Fsp3) is 0.357. The summed E-state index contributed by atoms with van der Waals surface area (Å²) in [6, 6.07) is 6.45. The standard InChI is InChI=1S/C14H15NO5/c1-8(16)11(14(19)20-2)7-15-12(17)9-5-3-4-6-10(9)13(15)18/h3-6,8,11,16H,7H2,1-2H3/t8-,11-/m1/s1. The van der Waals surface area contributed by atoms with Crippen molar-refractivity contribution in [2.75, 3.05) is 13.7 Å². The van der Waals surface area contributed by atoms with E-state index in [-0.39, 0.29) is 6.54 Å². The van der Waals surface area contributed by atoms with Crippen LogP contribution in [0, 0.1) is 5.92 Å². The van der Waals surface area contributed by atoms with Crippen LogP contribution in [0.15, 0.2) is 24.3 Å². The third-order valence-corrected chi connectivity index (χ3v) is 3.34. The number of aliphatic hydroxyl groups is 1. The lowest BCUT2D eigenvalue weighted by Gasteiger charge is -2.22. The molecule has 6 nitrogen and oxygen atoms in total. The Balaban J connectivity index is 2.25. The molecule has 0 saturated carbocycles. The van der Waals surface area contributed by atoms with Crippen LogP contribution in [0.1, 0.15) is 27.6 Å². The normalized spacial score (nSPS) is 16.9. The van der Waals surface area contributed by atoms with E-state index in [0.29, 0.717) is 11.1 Å². The molecule has 2 atom stereocenters. The van der Waals surface area contributed by atoms with Crippen LogP contribution < -0.4 is 0 Å². The first-order valence-electron chi connectivity index (χ1n) is 6.18. The molecule has 1 aliphatic heterocycles. The van der Waals surface area contributed by atoms with Crippen LogP contribution in [0.3, 0.4) is 0 Å². The fourth-order valence-electron chi connectivity index (χ4n) is 2.18. The van der Waals surface area contributed by atoms with E-state index >= 15 is 0 Å². The Bertz CT molecular complexity index is 531.